The minimum atomic E-state index is 0.0629. The van der Waals surface area contributed by atoms with Crippen molar-refractivity contribution in [3.63, 3.8) is 0 Å². The van der Waals surface area contributed by atoms with Crippen LogP contribution in [-0.2, 0) is 0 Å². The molecule has 1 N–H and O–H groups in total. The van der Waals surface area contributed by atoms with Gasteiger partial charge in [0.2, 0.25) is 0 Å². The van der Waals surface area contributed by atoms with Crippen LogP contribution in [0.2, 0.25) is 0 Å². The predicted octanol–water partition coefficient (Wildman–Crippen LogP) is 1.89. The molecule has 0 aromatic rings. The Morgan fingerprint density at radius 3 is 2.36 bits per heavy atom. The number of hydrogen-bond acceptors (Lipinski definition) is 1. The van der Waals surface area contributed by atoms with Crippen molar-refractivity contribution >= 4 is 0 Å². The molecular formula is C10H14O. The molecular weight excluding hydrogens is 136 g/mol. The van der Waals surface area contributed by atoms with Crippen LogP contribution in [0.15, 0.2) is 24.3 Å². The van der Waals surface area contributed by atoms with Crippen LogP contribution < -0.4 is 0 Å². The van der Waals surface area contributed by atoms with Gasteiger partial charge < -0.3 is 5.11 Å². The van der Waals surface area contributed by atoms with E-state index in [-0.39, 0.29) is 6.61 Å². The molecule has 0 amide bonds. The highest BCUT2D eigenvalue weighted by Gasteiger charge is 1.67. The van der Waals surface area contributed by atoms with E-state index >= 15 is 0 Å². The third-order valence-corrected chi connectivity index (χ3v) is 1.05. The number of unbranched alkanes of at least 4 members (excludes halogenated alkanes) is 1. The normalized spacial score (nSPS) is 10.4. The standard InChI is InChI=1S/C10H14O/c1-2-3-4-5-6-7-8-9-10-11/h4-5,8-9,11H,2-3,10H2,1H3. The van der Waals surface area contributed by atoms with E-state index < -0.39 is 0 Å². The highest BCUT2D eigenvalue weighted by molar-refractivity contribution is 5.23. The summed E-state index contributed by atoms with van der Waals surface area (Å²) in [5.41, 5.74) is 0. The smallest absolute Gasteiger partial charge is 0.0621 e. The van der Waals surface area contributed by atoms with E-state index in [0.717, 1.165) is 12.8 Å². The fraction of sp³-hybridized carbons (Fsp3) is 0.400. The molecule has 0 saturated carbocycles. The van der Waals surface area contributed by atoms with Crippen molar-refractivity contribution in [2.75, 3.05) is 6.61 Å². The van der Waals surface area contributed by atoms with Crippen LogP contribution in [0.3, 0.4) is 0 Å². The molecule has 1 nitrogen and oxygen atoms in total. The lowest BCUT2D eigenvalue weighted by Crippen LogP contribution is -1.67. The summed E-state index contributed by atoms with van der Waals surface area (Å²) in [6.45, 7) is 2.19. The highest BCUT2D eigenvalue weighted by Crippen LogP contribution is 1.86. The van der Waals surface area contributed by atoms with Gasteiger partial charge in [-0.3, -0.25) is 0 Å². The van der Waals surface area contributed by atoms with Crippen LogP contribution in [-0.4, -0.2) is 11.7 Å². The second-order valence-electron chi connectivity index (χ2n) is 2.06. The molecule has 0 aliphatic carbocycles. The van der Waals surface area contributed by atoms with Crippen LogP contribution in [0.4, 0.5) is 0 Å². The quantitative estimate of drug-likeness (QED) is 0.609. The Morgan fingerprint density at radius 2 is 1.82 bits per heavy atom. The van der Waals surface area contributed by atoms with Crippen molar-refractivity contribution in [3.8, 4) is 11.8 Å². The Kier molecular flexibility index (Phi) is 8.18. The highest BCUT2D eigenvalue weighted by atomic mass is 16.2. The molecule has 0 heterocycles. The van der Waals surface area contributed by atoms with Crippen molar-refractivity contribution in [1.82, 2.24) is 0 Å². The molecule has 0 saturated heterocycles. The van der Waals surface area contributed by atoms with Crippen LogP contribution in [0.5, 0.6) is 0 Å². The van der Waals surface area contributed by atoms with Crippen LogP contribution >= 0.6 is 0 Å². The maximum atomic E-state index is 8.33. The van der Waals surface area contributed by atoms with Gasteiger partial charge in [-0.2, -0.15) is 0 Å². The van der Waals surface area contributed by atoms with Gasteiger partial charge >= 0.3 is 0 Å². The first-order valence-corrected chi connectivity index (χ1v) is 3.83. The molecule has 0 aliphatic heterocycles. The van der Waals surface area contributed by atoms with Crippen molar-refractivity contribution in [2.45, 2.75) is 19.8 Å². The molecule has 0 fully saturated rings. The van der Waals surface area contributed by atoms with Gasteiger partial charge in [-0.25, -0.2) is 0 Å². The largest absolute Gasteiger partial charge is 0.392 e. The maximum Gasteiger partial charge on any atom is 0.0621 e. The molecule has 0 aromatic heterocycles. The van der Waals surface area contributed by atoms with Crippen molar-refractivity contribution in [2.24, 2.45) is 0 Å². The summed E-state index contributed by atoms with van der Waals surface area (Å²) >= 11 is 0. The van der Waals surface area contributed by atoms with E-state index in [1.807, 2.05) is 12.2 Å². The lowest BCUT2D eigenvalue weighted by atomic mass is 10.3. The van der Waals surface area contributed by atoms with Gasteiger partial charge in [0.05, 0.1) is 6.61 Å². The number of rotatable bonds is 3. The molecule has 0 spiro atoms. The van der Waals surface area contributed by atoms with E-state index in [4.69, 9.17) is 5.11 Å². The van der Waals surface area contributed by atoms with Crippen LogP contribution in [0, 0.1) is 11.8 Å². The zero-order valence-electron chi connectivity index (χ0n) is 6.88. The molecule has 11 heavy (non-hydrogen) atoms. The Hall–Kier alpha value is -1.00. The summed E-state index contributed by atoms with van der Waals surface area (Å²) in [4.78, 5) is 0. The van der Waals surface area contributed by atoms with Gasteiger partial charge in [0.25, 0.3) is 0 Å². The molecule has 0 rings (SSSR count). The monoisotopic (exact) mass is 150 g/mol. The van der Waals surface area contributed by atoms with Gasteiger partial charge in [-0.05, 0) is 18.6 Å². The number of aliphatic hydroxyl groups is 1. The molecule has 0 unspecified atom stereocenters. The average Bonchev–Trinajstić information content (AvgIpc) is 2.03. The van der Waals surface area contributed by atoms with E-state index in [0.29, 0.717) is 0 Å². The van der Waals surface area contributed by atoms with Gasteiger partial charge in [0.15, 0.2) is 0 Å². The number of aliphatic hydroxyl groups excluding tert-OH is 1. The maximum absolute atomic E-state index is 8.33. The van der Waals surface area contributed by atoms with Gasteiger partial charge in [0, 0.05) is 0 Å². The van der Waals surface area contributed by atoms with Gasteiger partial charge in [-0.15, -0.1) is 0 Å². The zero-order valence-corrected chi connectivity index (χ0v) is 6.88. The zero-order chi connectivity index (χ0) is 8.36. The summed E-state index contributed by atoms with van der Waals surface area (Å²) in [6, 6.07) is 0. The minimum absolute atomic E-state index is 0.0629. The fourth-order valence-corrected chi connectivity index (χ4v) is 0.517. The Morgan fingerprint density at radius 1 is 1.18 bits per heavy atom. The minimum Gasteiger partial charge on any atom is -0.392 e. The van der Waals surface area contributed by atoms with Crippen molar-refractivity contribution in [3.05, 3.63) is 24.3 Å². The van der Waals surface area contributed by atoms with E-state index in [9.17, 15) is 0 Å². The lowest BCUT2D eigenvalue weighted by molar-refractivity contribution is 0.343. The molecule has 0 aromatic carbocycles. The summed E-state index contributed by atoms with van der Waals surface area (Å²) in [5.74, 6) is 5.59. The third kappa shape index (κ3) is 9.00. The Bertz CT molecular complexity index is 179. The first kappa shape index (κ1) is 10.0. The first-order chi connectivity index (χ1) is 5.41. The van der Waals surface area contributed by atoms with Crippen molar-refractivity contribution in [1.29, 1.82) is 0 Å². The summed E-state index contributed by atoms with van der Waals surface area (Å²) in [6.07, 6.45) is 9.38. The summed E-state index contributed by atoms with van der Waals surface area (Å²) in [7, 11) is 0. The lowest BCUT2D eigenvalue weighted by Gasteiger charge is -1.77. The number of hydrogen-bond donors (Lipinski definition) is 1. The second-order valence-corrected chi connectivity index (χ2v) is 2.06. The van der Waals surface area contributed by atoms with E-state index in [1.54, 1.807) is 12.2 Å². The number of allylic oxidation sites excluding steroid dienone is 3. The third-order valence-electron chi connectivity index (χ3n) is 1.05. The van der Waals surface area contributed by atoms with Crippen LogP contribution in [0.25, 0.3) is 0 Å². The molecule has 0 aliphatic rings. The topological polar surface area (TPSA) is 20.2 Å². The average molecular weight is 150 g/mol. The van der Waals surface area contributed by atoms with Crippen molar-refractivity contribution < 1.29 is 5.11 Å². The SMILES string of the molecule is CCCC=CC#CC=CCO. The molecule has 60 valence electrons. The predicted molar refractivity (Wildman–Crippen MR) is 48.0 cm³/mol. The summed E-state index contributed by atoms with van der Waals surface area (Å²) < 4.78 is 0. The molecule has 0 radical (unpaired) electrons. The Balaban J connectivity index is 3.46. The molecule has 1 heteroatoms. The molecule has 0 bridgehead atoms. The fourth-order valence-electron chi connectivity index (χ4n) is 0.517. The van der Waals surface area contributed by atoms with Crippen LogP contribution in [0.1, 0.15) is 19.8 Å². The van der Waals surface area contributed by atoms with E-state index in [1.165, 1.54) is 0 Å². The van der Waals surface area contributed by atoms with Gasteiger partial charge in [-0.1, -0.05) is 37.3 Å². The van der Waals surface area contributed by atoms with Gasteiger partial charge in [0.1, 0.15) is 0 Å². The Labute approximate surface area is 68.4 Å². The molecule has 0 atom stereocenters. The summed E-state index contributed by atoms with van der Waals surface area (Å²) in [5, 5.41) is 8.33. The van der Waals surface area contributed by atoms with E-state index in [2.05, 4.69) is 18.8 Å². The first-order valence-electron chi connectivity index (χ1n) is 3.83. The second kappa shape index (κ2) is 9.00.